The Morgan fingerprint density at radius 3 is 2.44 bits per heavy atom. The van der Waals surface area contributed by atoms with Gasteiger partial charge in [-0.2, -0.15) is 0 Å². The first-order valence-electron chi connectivity index (χ1n) is 12.8. The second kappa shape index (κ2) is 10.4. The fourth-order valence-electron chi connectivity index (χ4n) is 4.61. The molecule has 0 radical (unpaired) electrons. The summed E-state index contributed by atoms with van der Waals surface area (Å²) in [6.45, 7) is 9.09. The summed E-state index contributed by atoms with van der Waals surface area (Å²) < 4.78 is 22.3. The number of benzene rings is 2. The normalized spacial score (nSPS) is 11.8. The average molecular weight is 576 g/mol. The van der Waals surface area contributed by atoms with Crippen molar-refractivity contribution in [3.63, 3.8) is 0 Å². The number of nitrogens with one attached hydrogen (secondary N) is 1. The largest absolute Gasteiger partial charge is 0.478 e. The van der Waals surface area contributed by atoms with Crippen LogP contribution < -0.4 is 5.32 Å². The molecule has 5 rings (SSSR count). The van der Waals surface area contributed by atoms with E-state index in [2.05, 4.69) is 15.3 Å². The average Bonchev–Trinajstić information content (AvgIpc) is 3.28. The number of amides is 1. The maximum Gasteiger partial charge on any atom is 0.413 e. The third kappa shape index (κ3) is 5.43. The van der Waals surface area contributed by atoms with Crippen LogP contribution in [0.4, 0.5) is 15.0 Å². The lowest BCUT2D eigenvalue weighted by Crippen LogP contribution is -2.27. The molecule has 2 aromatic carbocycles. The fraction of sp³-hybridized carbons (Fsp3) is 0.233. The molecule has 1 amide bonds. The number of carboxylic acids is 1. The minimum Gasteiger partial charge on any atom is -0.478 e. The van der Waals surface area contributed by atoms with Gasteiger partial charge in [0.15, 0.2) is 0 Å². The number of carbonyl (C=O) groups excluding carboxylic acids is 1. The molecule has 2 N–H and O–H groups in total. The standard InChI is InChI=1S/C30H27ClFN5O4/c1-15(2)27-36-25-18(28(38)39)12-17(16-8-10-33-23(14-16)35-29(40)41-30(3,4)5)13-22(25)37(27)21-9-11-34-26-19(31)6-7-20(32)24(21)26/h6-15H,1-5H3,(H,38,39)(H,33,35,40). The second-order valence-corrected chi connectivity index (χ2v) is 11.2. The number of carbonyl (C=O) groups is 2. The van der Waals surface area contributed by atoms with E-state index in [1.165, 1.54) is 30.6 Å². The van der Waals surface area contributed by atoms with Gasteiger partial charge in [-0.1, -0.05) is 25.4 Å². The topological polar surface area (TPSA) is 119 Å². The van der Waals surface area contributed by atoms with E-state index in [1.807, 2.05) is 13.8 Å². The van der Waals surface area contributed by atoms with E-state index in [-0.39, 0.29) is 38.7 Å². The van der Waals surface area contributed by atoms with Crippen molar-refractivity contribution >= 4 is 51.4 Å². The number of aromatic carboxylic acids is 1. The maximum absolute atomic E-state index is 15.3. The van der Waals surface area contributed by atoms with Crippen molar-refractivity contribution in [1.29, 1.82) is 0 Å². The number of pyridine rings is 2. The van der Waals surface area contributed by atoms with Crippen LogP contribution in [0.3, 0.4) is 0 Å². The number of fused-ring (bicyclic) bond motifs is 2. The fourth-order valence-corrected chi connectivity index (χ4v) is 4.82. The number of ether oxygens (including phenoxy) is 1. The lowest BCUT2D eigenvalue weighted by Gasteiger charge is -2.19. The summed E-state index contributed by atoms with van der Waals surface area (Å²) in [5, 5.41) is 13.3. The van der Waals surface area contributed by atoms with Gasteiger partial charge in [-0.3, -0.25) is 14.9 Å². The Balaban J connectivity index is 1.75. The highest BCUT2D eigenvalue weighted by atomic mass is 35.5. The number of halogens is 2. The van der Waals surface area contributed by atoms with Crippen LogP contribution in [-0.2, 0) is 4.74 Å². The number of hydrogen-bond acceptors (Lipinski definition) is 6. The van der Waals surface area contributed by atoms with Gasteiger partial charge in [0.1, 0.15) is 28.6 Å². The quantitative estimate of drug-likeness (QED) is 0.221. The lowest BCUT2D eigenvalue weighted by molar-refractivity contribution is 0.0633. The van der Waals surface area contributed by atoms with E-state index < -0.39 is 23.5 Å². The van der Waals surface area contributed by atoms with Gasteiger partial charge in [0.25, 0.3) is 0 Å². The summed E-state index contributed by atoms with van der Waals surface area (Å²) >= 11 is 6.36. The Morgan fingerprint density at radius 1 is 1.02 bits per heavy atom. The molecule has 0 saturated heterocycles. The van der Waals surface area contributed by atoms with Crippen molar-refractivity contribution in [2.75, 3.05) is 5.32 Å². The molecule has 210 valence electrons. The van der Waals surface area contributed by atoms with Crippen LogP contribution in [-0.4, -0.2) is 42.3 Å². The smallest absolute Gasteiger partial charge is 0.413 e. The molecule has 0 aliphatic rings. The molecule has 11 heteroatoms. The molecule has 5 aromatic rings. The van der Waals surface area contributed by atoms with Gasteiger partial charge in [-0.25, -0.2) is 23.9 Å². The predicted octanol–water partition coefficient (Wildman–Crippen LogP) is 7.60. The summed E-state index contributed by atoms with van der Waals surface area (Å²) in [7, 11) is 0. The lowest BCUT2D eigenvalue weighted by atomic mass is 10.0. The number of imidazole rings is 1. The van der Waals surface area contributed by atoms with Gasteiger partial charge in [0.05, 0.1) is 32.7 Å². The highest BCUT2D eigenvalue weighted by molar-refractivity contribution is 6.35. The SMILES string of the molecule is CC(C)c1nc2c(C(=O)O)cc(-c3ccnc(NC(=O)OC(C)(C)C)c3)cc2n1-c1ccnc2c(Cl)ccc(F)c12. The number of anilines is 1. The monoisotopic (exact) mass is 575 g/mol. The van der Waals surface area contributed by atoms with Crippen LogP contribution in [0, 0.1) is 5.82 Å². The molecule has 9 nitrogen and oxygen atoms in total. The summed E-state index contributed by atoms with van der Waals surface area (Å²) in [5.41, 5.74) is 1.79. The molecule has 0 unspecified atom stereocenters. The van der Waals surface area contributed by atoms with Crippen molar-refractivity contribution in [2.45, 2.75) is 46.1 Å². The van der Waals surface area contributed by atoms with Crippen LogP contribution >= 0.6 is 11.6 Å². The van der Waals surface area contributed by atoms with Gasteiger partial charge < -0.3 is 9.84 Å². The van der Waals surface area contributed by atoms with E-state index in [9.17, 15) is 14.7 Å². The Labute approximate surface area is 240 Å². The molecule has 0 fully saturated rings. The number of rotatable bonds is 5. The minimum atomic E-state index is -1.17. The van der Waals surface area contributed by atoms with Crippen LogP contribution in [0.2, 0.25) is 5.02 Å². The van der Waals surface area contributed by atoms with Crippen molar-refractivity contribution < 1.29 is 23.8 Å². The first-order chi connectivity index (χ1) is 19.3. The van der Waals surface area contributed by atoms with Crippen molar-refractivity contribution in [3.05, 3.63) is 77.1 Å². The van der Waals surface area contributed by atoms with Gasteiger partial charge in [-0.15, -0.1) is 0 Å². The van der Waals surface area contributed by atoms with Crippen LogP contribution in [0.25, 0.3) is 38.8 Å². The molecule has 0 bridgehead atoms. The zero-order chi connectivity index (χ0) is 29.6. The summed E-state index contributed by atoms with van der Waals surface area (Å²) in [4.78, 5) is 38.0. The third-order valence-corrected chi connectivity index (χ3v) is 6.57. The predicted molar refractivity (Wildman–Crippen MR) is 155 cm³/mol. The molecule has 41 heavy (non-hydrogen) atoms. The number of aromatic nitrogens is 4. The molecular formula is C30H27ClFN5O4. The van der Waals surface area contributed by atoms with Gasteiger partial charge in [0.2, 0.25) is 0 Å². The number of hydrogen-bond donors (Lipinski definition) is 2. The zero-order valence-corrected chi connectivity index (χ0v) is 23.7. The van der Waals surface area contributed by atoms with Gasteiger partial charge >= 0.3 is 12.1 Å². The summed E-state index contributed by atoms with van der Waals surface area (Å²) in [6, 6.07) is 11.0. The molecule has 0 atom stereocenters. The van der Waals surface area contributed by atoms with Gasteiger partial charge in [0, 0.05) is 18.3 Å². The van der Waals surface area contributed by atoms with E-state index in [0.717, 1.165) is 0 Å². The second-order valence-electron chi connectivity index (χ2n) is 10.8. The molecule has 0 spiro atoms. The van der Waals surface area contributed by atoms with E-state index in [1.54, 1.807) is 49.6 Å². The van der Waals surface area contributed by atoms with Crippen molar-refractivity contribution in [2.24, 2.45) is 0 Å². The van der Waals surface area contributed by atoms with Crippen molar-refractivity contribution in [1.82, 2.24) is 19.5 Å². The summed E-state index contributed by atoms with van der Waals surface area (Å²) in [5.74, 6) is -1.09. The first-order valence-corrected chi connectivity index (χ1v) is 13.2. The van der Waals surface area contributed by atoms with E-state index >= 15 is 4.39 Å². The number of carboxylic acid groups (broad SMARTS) is 1. The minimum absolute atomic E-state index is 0.0338. The van der Waals surface area contributed by atoms with Gasteiger partial charge in [-0.05, 0) is 74.4 Å². The Bertz CT molecular complexity index is 1850. The summed E-state index contributed by atoms with van der Waals surface area (Å²) in [6.07, 6.45) is 2.35. The Kier molecular flexibility index (Phi) is 7.12. The first kappa shape index (κ1) is 28.0. The molecule has 3 aromatic heterocycles. The molecule has 3 heterocycles. The molecular weight excluding hydrogens is 549 g/mol. The Morgan fingerprint density at radius 2 is 1.76 bits per heavy atom. The third-order valence-electron chi connectivity index (χ3n) is 6.27. The van der Waals surface area contributed by atoms with Crippen LogP contribution in [0.1, 0.15) is 56.7 Å². The van der Waals surface area contributed by atoms with E-state index in [4.69, 9.17) is 21.3 Å². The molecule has 0 saturated carbocycles. The Hall–Kier alpha value is -4.57. The van der Waals surface area contributed by atoms with Crippen LogP contribution in [0.15, 0.2) is 54.9 Å². The molecule has 0 aliphatic carbocycles. The van der Waals surface area contributed by atoms with E-state index in [0.29, 0.717) is 28.2 Å². The highest BCUT2D eigenvalue weighted by Crippen LogP contribution is 2.36. The molecule has 0 aliphatic heterocycles. The maximum atomic E-state index is 15.3. The number of nitrogens with zero attached hydrogens (tertiary/aromatic N) is 4. The van der Waals surface area contributed by atoms with Crippen molar-refractivity contribution in [3.8, 4) is 16.8 Å². The highest BCUT2D eigenvalue weighted by Gasteiger charge is 2.24. The zero-order valence-electron chi connectivity index (χ0n) is 23.0. The van der Waals surface area contributed by atoms with Crippen LogP contribution in [0.5, 0.6) is 0 Å².